The summed E-state index contributed by atoms with van der Waals surface area (Å²) in [6.07, 6.45) is -0.122. The van der Waals surface area contributed by atoms with Crippen LogP contribution in [0.1, 0.15) is 19.4 Å². The average molecular weight is 269 g/mol. The molecule has 2 unspecified atom stereocenters. The van der Waals surface area contributed by atoms with Crippen molar-refractivity contribution in [2.24, 2.45) is 0 Å². The Labute approximate surface area is 109 Å². The third kappa shape index (κ3) is 2.74. The molecule has 100 valence electrons. The zero-order valence-electron chi connectivity index (χ0n) is 11.0. The number of benzene rings is 1. The summed E-state index contributed by atoms with van der Waals surface area (Å²) < 4.78 is 32.0. The molecule has 4 nitrogen and oxygen atoms in total. The molecular weight excluding hydrogens is 250 g/mol. The highest BCUT2D eigenvalue weighted by Crippen LogP contribution is 2.21. The van der Waals surface area contributed by atoms with Crippen LogP contribution in [0.5, 0.6) is 0 Å². The highest BCUT2D eigenvalue weighted by Gasteiger charge is 2.31. The molecule has 0 N–H and O–H groups in total. The van der Waals surface area contributed by atoms with E-state index in [1.165, 1.54) is 4.31 Å². The number of hydrogen-bond acceptors (Lipinski definition) is 3. The van der Waals surface area contributed by atoms with E-state index in [1.54, 1.807) is 12.1 Å². The van der Waals surface area contributed by atoms with E-state index in [9.17, 15) is 8.42 Å². The lowest BCUT2D eigenvalue weighted by molar-refractivity contribution is -0.0440. The largest absolute Gasteiger partial charge is 0.373 e. The summed E-state index contributed by atoms with van der Waals surface area (Å²) in [5.74, 6) is 0. The highest BCUT2D eigenvalue weighted by atomic mass is 32.2. The number of morpholine rings is 1. The smallest absolute Gasteiger partial charge is 0.243 e. The zero-order chi connectivity index (χ0) is 13.3. The predicted molar refractivity (Wildman–Crippen MR) is 69.9 cm³/mol. The Morgan fingerprint density at radius 3 is 2.11 bits per heavy atom. The lowest BCUT2D eigenvalue weighted by Crippen LogP contribution is -2.48. The predicted octanol–water partition coefficient (Wildman–Crippen LogP) is 1.79. The van der Waals surface area contributed by atoms with Gasteiger partial charge in [0.1, 0.15) is 0 Å². The SMILES string of the molecule is Cc1ccc(S(=O)(=O)N2CC(C)OC(C)C2)cc1. The molecule has 1 aromatic carbocycles. The van der Waals surface area contributed by atoms with E-state index in [-0.39, 0.29) is 12.2 Å². The van der Waals surface area contributed by atoms with Crippen LogP contribution in [0.3, 0.4) is 0 Å². The summed E-state index contributed by atoms with van der Waals surface area (Å²) in [5, 5.41) is 0. The summed E-state index contributed by atoms with van der Waals surface area (Å²) in [5.41, 5.74) is 1.05. The molecular formula is C13H19NO3S. The molecule has 1 aromatic rings. The number of hydrogen-bond donors (Lipinski definition) is 0. The first-order valence-electron chi connectivity index (χ1n) is 6.12. The average Bonchev–Trinajstić information content (AvgIpc) is 2.28. The lowest BCUT2D eigenvalue weighted by atomic mass is 10.2. The van der Waals surface area contributed by atoms with Crippen molar-refractivity contribution in [3.05, 3.63) is 29.8 Å². The number of aryl methyl sites for hydroxylation is 1. The van der Waals surface area contributed by atoms with E-state index in [1.807, 2.05) is 32.9 Å². The molecule has 0 bridgehead atoms. The maximum absolute atomic E-state index is 12.5. The van der Waals surface area contributed by atoms with Crippen LogP contribution < -0.4 is 0 Å². The van der Waals surface area contributed by atoms with E-state index in [0.717, 1.165) is 5.56 Å². The minimum Gasteiger partial charge on any atom is -0.373 e. The van der Waals surface area contributed by atoms with Crippen LogP contribution in [-0.2, 0) is 14.8 Å². The molecule has 5 heteroatoms. The first-order chi connectivity index (χ1) is 8.39. The fourth-order valence-electron chi connectivity index (χ4n) is 2.19. The maximum Gasteiger partial charge on any atom is 0.243 e. The van der Waals surface area contributed by atoms with Crippen molar-refractivity contribution in [2.45, 2.75) is 37.9 Å². The fourth-order valence-corrected chi connectivity index (χ4v) is 3.78. The number of sulfonamides is 1. The molecule has 0 amide bonds. The van der Waals surface area contributed by atoms with Gasteiger partial charge in [-0.05, 0) is 32.9 Å². The van der Waals surface area contributed by atoms with Gasteiger partial charge in [0.2, 0.25) is 10.0 Å². The second-order valence-electron chi connectivity index (χ2n) is 4.89. The molecule has 0 saturated carbocycles. The van der Waals surface area contributed by atoms with Crippen LogP contribution in [0, 0.1) is 6.92 Å². The Hall–Kier alpha value is -0.910. The molecule has 2 rings (SSSR count). The molecule has 0 radical (unpaired) electrons. The monoisotopic (exact) mass is 269 g/mol. The van der Waals surface area contributed by atoms with Crippen molar-refractivity contribution in [1.82, 2.24) is 4.31 Å². The normalized spacial score (nSPS) is 26.2. The van der Waals surface area contributed by atoms with Gasteiger partial charge in [-0.15, -0.1) is 0 Å². The maximum atomic E-state index is 12.5. The van der Waals surface area contributed by atoms with Gasteiger partial charge in [0.15, 0.2) is 0 Å². The van der Waals surface area contributed by atoms with Crippen molar-refractivity contribution in [1.29, 1.82) is 0 Å². The standard InChI is InChI=1S/C13H19NO3S/c1-10-4-6-13(7-5-10)18(15,16)14-8-11(2)17-12(3)9-14/h4-7,11-12H,8-9H2,1-3H3. The minimum atomic E-state index is -3.39. The van der Waals surface area contributed by atoms with Crippen molar-refractivity contribution in [3.8, 4) is 0 Å². The van der Waals surface area contributed by atoms with Gasteiger partial charge in [0.25, 0.3) is 0 Å². The molecule has 2 atom stereocenters. The van der Waals surface area contributed by atoms with Gasteiger partial charge in [-0.25, -0.2) is 8.42 Å². The van der Waals surface area contributed by atoms with Gasteiger partial charge in [-0.2, -0.15) is 4.31 Å². The van der Waals surface area contributed by atoms with Crippen LogP contribution in [0.4, 0.5) is 0 Å². The van der Waals surface area contributed by atoms with Crippen LogP contribution in [0.15, 0.2) is 29.2 Å². The molecule has 0 aromatic heterocycles. The summed E-state index contributed by atoms with van der Waals surface area (Å²) in [7, 11) is -3.39. The van der Waals surface area contributed by atoms with Crippen LogP contribution in [-0.4, -0.2) is 38.0 Å². The fraction of sp³-hybridized carbons (Fsp3) is 0.538. The van der Waals surface area contributed by atoms with Gasteiger partial charge < -0.3 is 4.74 Å². The van der Waals surface area contributed by atoms with Crippen LogP contribution in [0.2, 0.25) is 0 Å². The molecule has 1 heterocycles. The Kier molecular flexibility index (Phi) is 3.75. The first kappa shape index (κ1) is 13.5. The highest BCUT2D eigenvalue weighted by molar-refractivity contribution is 7.89. The number of nitrogens with zero attached hydrogens (tertiary/aromatic N) is 1. The molecule has 1 saturated heterocycles. The Bertz CT molecular complexity index is 500. The quantitative estimate of drug-likeness (QED) is 0.822. The minimum absolute atomic E-state index is 0.0611. The van der Waals surface area contributed by atoms with Crippen LogP contribution >= 0.6 is 0 Å². The van der Waals surface area contributed by atoms with Gasteiger partial charge in [-0.1, -0.05) is 17.7 Å². The molecule has 1 fully saturated rings. The zero-order valence-corrected chi connectivity index (χ0v) is 11.8. The van der Waals surface area contributed by atoms with Gasteiger partial charge in [0, 0.05) is 13.1 Å². The van der Waals surface area contributed by atoms with Gasteiger partial charge >= 0.3 is 0 Å². The van der Waals surface area contributed by atoms with Gasteiger partial charge in [0.05, 0.1) is 17.1 Å². The molecule has 1 aliphatic rings. The molecule has 1 aliphatic heterocycles. The third-order valence-corrected chi connectivity index (χ3v) is 4.89. The number of rotatable bonds is 2. The molecule has 0 aliphatic carbocycles. The van der Waals surface area contributed by atoms with E-state index in [4.69, 9.17) is 4.74 Å². The summed E-state index contributed by atoms with van der Waals surface area (Å²) in [6, 6.07) is 6.96. The lowest BCUT2D eigenvalue weighted by Gasteiger charge is -2.34. The van der Waals surface area contributed by atoms with Crippen molar-refractivity contribution >= 4 is 10.0 Å². The molecule has 18 heavy (non-hydrogen) atoms. The van der Waals surface area contributed by atoms with Crippen molar-refractivity contribution < 1.29 is 13.2 Å². The van der Waals surface area contributed by atoms with E-state index < -0.39 is 10.0 Å². The second kappa shape index (κ2) is 4.99. The van der Waals surface area contributed by atoms with Crippen molar-refractivity contribution in [2.75, 3.05) is 13.1 Å². The molecule has 0 spiro atoms. The first-order valence-corrected chi connectivity index (χ1v) is 7.56. The second-order valence-corrected chi connectivity index (χ2v) is 6.83. The van der Waals surface area contributed by atoms with Gasteiger partial charge in [-0.3, -0.25) is 0 Å². The summed E-state index contributed by atoms with van der Waals surface area (Å²) >= 11 is 0. The summed E-state index contributed by atoms with van der Waals surface area (Å²) in [4.78, 5) is 0.356. The topological polar surface area (TPSA) is 46.6 Å². The Balaban J connectivity index is 2.28. The number of ether oxygens (including phenoxy) is 1. The van der Waals surface area contributed by atoms with E-state index >= 15 is 0 Å². The summed E-state index contributed by atoms with van der Waals surface area (Å²) in [6.45, 7) is 6.57. The van der Waals surface area contributed by atoms with Crippen LogP contribution in [0.25, 0.3) is 0 Å². The third-order valence-electron chi connectivity index (χ3n) is 3.04. The van der Waals surface area contributed by atoms with Crippen molar-refractivity contribution in [3.63, 3.8) is 0 Å². The Morgan fingerprint density at radius 2 is 1.61 bits per heavy atom. The van der Waals surface area contributed by atoms with E-state index in [2.05, 4.69) is 0 Å². The Morgan fingerprint density at radius 1 is 1.11 bits per heavy atom. The van der Waals surface area contributed by atoms with E-state index in [0.29, 0.717) is 18.0 Å².